The van der Waals surface area contributed by atoms with E-state index < -0.39 is 0 Å². The normalized spacial score (nSPS) is 11.1. The van der Waals surface area contributed by atoms with E-state index in [1.807, 2.05) is 72.1 Å². The van der Waals surface area contributed by atoms with Crippen LogP contribution in [0.2, 0.25) is 0 Å². The van der Waals surface area contributed by atoms with Crippen LogP contribution in [0.4, 0.5) is 4.39 Å². The number of fused-ring (bicyclic) bond motifs is 1. The first-order chi connectivity index (χ1) is 14.7. The number of halogens is 1. The molecule has 3 nitrogen and oxygen atoms in total. The lowest BCUT2D eigenvalue weighted by Crippen LogP contribution is -2.24. The summed E-state index contributed by atoms with van der Waals surface area (Å²) in [5, 5.41) is 2.58. The fourth-order valence-electron chi connectivity index (χ4n) is 3.63. The fraction of sp³-hybridized carbons (Fsp3) is 0.0400. The molecular weight excluding hydrogens is 395 g/mol. The smallest absolute Gasteiger partial charge is 0.263 e. The van der Waals surface area contributed by atoms with E-state index in [0.717, 1.165) is 16.7 Å². The summed E-state index contributed by atoms with van der Waals surface area (Å²) in [6.07, 6.45) is 0. The van der Waals surface area contributed by atoms with Crippen LogP contribution in [0.3, 0.4) is 0 Å². The van der Waals surface area contributed by atoms with Crippen molar-refractivity contribution < 1.29 is 4.39 Å². The Labute approximate surface area is 176 Å². The van der Waals surface area contributed by atoms with Gasteiger partial charge in [-0.05, 0) is 23.3 Å². The average Bonchev–Trinajstić information content (AvgIpc) is 3.21. The molecule has 0 atom stereocenters. The number of rotatable bonds is 4. The summed E-state index contributed by atoms with van der Waals surface area (Å²) in [4.78, 5) is 19.3. The molecule has 2 aromatic heterocycles. The second-order valence-electron chi connectivity index (χ2n) is 7.02. The summed E-state index contributed by atoms with van der Waals surface area (Å²) in [7, 11) is 0. The first-order valence-electron chi connectivity index (χ1n) is 9.58. The minimum atomic E-state index is -0.323. The first kappa shape index (κ1) is 18.5. The molecule has 5 rings (SSSR count). The summed E-state index contributed by atoms with van der Waals surface area (Å²) in [5.41, 5.74) is 3.30. The number of nitrogens with zero attached hydrogens (tertiary/aromatic N) is 2. The van der Waals surface area contributed by atoms with Crippen LogP contribution < -0.4 is 5.56 Å². The highest BCUT2D eigenvalue weighted by Gasteiger charge is 2.18. The van der Waals surface area contributed by atoms with Crippen LogP contribution in [-0.2, 0) is 6.54 Å². The van der Waals surface area contributed by atoms with E-state index in [-0.39, 0.29) is 17.9 Å². The second-order valence-corrected chi connectivity index (χ2v) is 7.88. The van der Waals surface area contributed by atoms with Gasteiger partial charge in [0, 0.05) is 16.5 Å². The minimum Gasteiger partial charge on any atom is -0.288 e. The Hall–Kier alpha value is -3.57. The zero-order valence-electron chi connectivity index (χ0n) is 16.0. The number of hydrogen-bond acceptors (Lipinski definition) is 3. The summed E-state index contributed by atoms with van der Waals surface area (Å²) in [6, 6.07) is 25.8. The van der Waals surface area contributed by atoms with E-state index in [1.54, 1.807) is 10.6 Å². The van der Waals surface area contributed by atoms with E-state index in [4.69, 9.17) is 4.98 Å². The molecule has 0 aliphatic heterocycles. The Morgan fingerprint density at radius 3 is 2.27 bits per heavy atom. The highest BCUT2D eigenvalue weighted by molar-refractivity contribution is 7.17. The summed E-state index contributed by atoms with van der Waals surface area (Å²) >= 11 is 1.46. The van der Waals surface area contributed by atoms with Crippen molar-refractivity contribution in [1.82, 2.24) is 9.55 Å². The van der Waals surface area contributed by atoms with Crippen molar-refractivity contribution in [2.24, 2.45) is 0 Å². The Bertz CT molecular complexity index is 1390. The van der Waals surface area contributed by atoms with Crippen LogP contribution >= 0.6 is 11.3 Å². The van der Waals surface area contributed by atoms with Crippen molar-refractivity contribution in [2.75, 3.05) is 0 Å². The quantitative estimate of drug-likeness (QED) is 0.364. The van der Waals surface area contributed by atoms with Gasteiger partial charge < -0.3 is 0 Å². The van der Waals surface area contributed by atoms with E-state index >= 15 is 0 Å². The molecule has 0 spiro atoms. The first-order valence-corrected chi connectivity index (χ1v) is 10.5. The van der Waals surface area contributed by atoms with Gasteiger partial charge in [0.1, 0.15) is 16.5 Å². The third-order valence-corrected chi connectivity index (χ3v) is 5.91. The Morgan fingerprint density at radius 1 is 0.867 bits per heavy atom. The lowest BCUT2D eigenvalue weighted by atomic mass is 10.1. The molecule has 0 unspecified atom stereocenters. The maximum absolute atomic E-state index is 13.8. The molecule has 0 aliphatic rings. The van der Waals surface area contributed by atoms with Gasteiger partial charge in [-0.15, -0.1) is 11.3 Å². The van der Waals surface area contributed by atoms with Crippen LogP contribution in [0.25, 0.3) is 32.7 Å². The van der Waals surface area contributed by atoms with Gasteiger partial charge >= 0.3 is 0 Å². The molecular formula is C25H17FN2OS. The van der Waals surface area contributed by atoms with Gasteiger partial charge in [-0.2, -0.15) is 0 Å². The minimum absolute atomic E-state index is 0.122. The summed E-state index contributed by atoms with van der Waals surface area (Å²) in [5.74, 6) is 0.259. The van der Waals surface area contributed by atoms with E-state index in [0.29, 0.717) is 21.6 Å². The van der Waals surface area contributed by atoms with Crippen LogP contribution in [0.5, 0.6) is 0 Å². The van der Waals surface area contributed by atoms with Gasteiger partial charge in [0.25, 0.3) is 5.56 Å². The van der Waals surface area contributed by atoms with Gasteiger partial charge in [0.05, 0.1) is 11.9 Å². The molecule has 0 saturated carbocycles. The highest BCUT2D eigenvalue weighted by Crippen LogP contribution is 2.32. The van der Waals surface area contributed by atoms with Gasteiger partial charge in [-0.25, -0.2) is 9.37 Å². The van der Waals surface area contributed by atoms with Crippen molar-refractivity contribution in [1.29, 1.82) is 0 Å². The molecule has 0 aliphatic carbocycles. The maximum atomic E-state index is 13.8. The summed E-state index contributed by atoms with van der Waals surface area (Å²) < 4.78 is 15.4. The van der Waals surface area contributed by atoms with Crippen LogP contribution in [0.15, 0.2) is 95.1 Å². The molecule has 0 radical (unpaired) electrons. The van der Waals surface area contributed by atoms with Crippen molar-refractivity contribution in [2.45, 2.75) is 6.54 Å². The average molecular weight is 412 g/mol. The van der Waals surface area contributed by atoms with Crippen molar-refractivity contribution in [3.8, 4) is 22.5 Å². The van der Waals surface area contributed by atoms with Crippen molar-refractivity contribution >= 4 is 21.6 Å². The number of thiophene rings is 1. The molecule has 3 aromatic carbocycles. The highest BCUT2D eigenvalue weighted by atomic mass is 32.1. The lowest BCUT2D eigenvalue weighted by molar-refractivity contribution is 0.623. The molecule has 0 amide bonds. The SMILES string of the molecule is O=c1c2c(-c3ccccc3)csc2nc(-c2ccccc2)n1Cc1cccc(F)c1. The zero-order valence-corrected chi connectivity index (χ0v) is 16.8. The summed E-state index contributed by atoms with van der Waals surface area (Å²) in [6.45, 7) is 0.244. The van der Waals surface area contributed by atoms with Gasteiger partial charge in [0.2, 0.25) is 0 Å². The molecule has 30 heavy (non-hydrogen) atoms. The zero-order chi connectivity index (χ0) is 20.5. The third-order valence-electron chi connectivity index (χ3n) is 5.04. The molecule has 2 heterocycles. The number of benzene rings is 3. The second kappa shape index (κ2) is 7.69. The molecule has 5 aromatic rings. The van der Waals surface area contributed by atoms with E-state index in [9.17, 15) is 9.18 Å². The molecule has 146 valence electrons. The largest absolute Gasteiger partial charge is 0.288 e. The Balaban J connectivity index is 1.77. The van der Waals surface area contributed by atoms with Gasteiger partial charge in [0.15, 0.2) is 0 Å². The fourth-order valence-corrected chi connectivity index (χ4v) is 4.56. The van der Waals surface area contributed by atoms with Crippen molar-refractivity contribution in [3.63, 3.8) is 0 Å². The Kier molecular flexibility index (Phi) is 4.73. The number of aromatic nitrogens is 2. The maximum Gasteiger partial charge on any atom is 0.263 e. The number of hydrogen-bond donors (Lipinski definition) is 0. The predicted molar refractivity (Wildman–Crippen MR) is 120 cm³/mol. The molecule has 0 saturated heterocycles. The van der Waals surface area contributed by atoms with E-state index in [2.05, 4.69) is 0 Å². The van der Waals surface area contributed by atoms with E-state index in [1.165, 1.54) is 23.5 Å². The Morgan fingerprint density at radius 2 is 1.57 bits per heavy atom. The van der Waals surface area contributed by atoms with Gasteiger partial charge in [-0.1, -0.05) is 72.8 Å². The molecule has 0 fully saturated rings. The molecule has 5 heteroatoms. The third kappa shape index (κ3) is 3.33. The standard InChI is InChI=1S/C25H17FN2OS/c26-20-13-7-8-17(14-20)15-28-23(19-11-5-2-6-12-19)27-24-22(25(28)29)21(16-30-24)18-9-3-1-4-10-18/h1-14,16H,15H2. The van der Waals surface area contributed by atoms with Crippen molar-refractivity contribution in [3.05, 3.63) is 112 Å². The van der Waals surface area contributed by atoms with Crippen LogP contribution in [-0.4, -0.2) is 9.55 Å². The topological polar surface area (TPSA) is 34.9 Å². The van der Waals surface area contributed by atoms with Crippen LogP contribution in [0, 0.1) is 5.82 Å². The van der Waals surface area contributed by atoms with Gasteiger partial charge in [-0.3, -0.25) is 9.36 Å². The predicted octanol–water partition coefficient (Wildman–Crippen LogP) is 5.98. The van der Waals surface area contributed by atoms with Crippen LogP contribution in [0.1, 0.15) is 5.56 Å². The monoisotopic (exact) mass is 412 g/mol. The lowest BCUT2D eigenvalue weighted by Gasteiger charge is -2.13. The molecule has 0 bridgehead atoms. The molecule has 0 N–H and O–H groups in total.